The van der Waals surface area contributed by atoms with Crippen LogP contribution < -0.4 is 0 Å². The Bertz CT molecular complexity index is 589. The number of hydrogen-bond donors (Lipinski definition) is 2. The molecule has 0 saturated carbocycles. The number of carboxylic acid groups (broad SMARTS) is 1. The van der Waals surface area contributed by atoms with Gasteiger partial charge < -0.3 is 10.5 Å². The first-order valence-corrected chi connectivity index (χ1v) is 6.11. The number of carbonyl (C=O) groups is 1. The minimum absolute atomic E-state index is 0.0959. The van der Waals surface area contributed by atoms with Gasteiger partial charge >= 0.3 is 5.97 Å². The van der Waals surface area contributed by atoms with Crippen LogP contribution >= 0.6 is 11.5 Å². The fourth-order valence-electron chi connectivity index (χ4n) is 1.67. The second-order valence-corrected chi connectivity index (χ2v) is 4.58. The van der Waals surface area contributed by atoms with Gasteiger partial charge in [-0.15, -0.1) is 0 Å². The van der Waals surface area contributed by atoms with Gasteiger partial charge in [-0.2, -0.15) is 4.37 Å². The molecule has 4 nitrogen and oxygen atoms in total. The minimum atomic E-state index is -1.01. The first-order chi connectivity index (χ1) is 8.13. The molecule has 88 valence electrons. The van der Waals surface area contributed by atoms with Gasteiger partial charge in [0.1, 0.15) is 0 Å². The van der Waals surface area contributed by atoms with Crippen molar-refractivity contribution in [3.05, 3.63) is 29.5 Å². The Balaban J connectivity index is 2.46. The van der Waals surface area contributed by atoms with Crippen LogP contribution in [0.15, 0.2) is 18.2 Å². The van der Waals surface area contributed by atoms with Crippen molar-refractivity contribution in [1.29, 1.82) is 5.41 Å². The molecule has 2 rings (SSSR count). The van der Waals surface area contributed by atoms with Crippen molar-refractivity contribution >= 4 is 33.3 Å². The molecule has 0 unspecified atom stereocenters. The molecule has 0 radical (unpaired) electrons. The van der Waals surface area contributed by atoms with E-state index in [2.05, 4.69) is 4.37 Å². The summed E-state index contributed by atoms with van der Waals surface area (Å²) in [5.41, 5.74) is 1.53. The maximum atomic E-state index is 10.9. The van der Waals surface area contributed by atoms with Gasteiger partial charge in [0.25, 0.3) is 0 Å². The van der Waals surface area contributed by atoms with Crippen molar-refractivity contribution in [2.45, 2.75) is 19.8 Å². The van der Waals surface area contributed by atoms with Gasteiger partial charge in [-0.05, 0) is 29.6 Å². The zero-order valence-electron chi connectivity index (χ0n) is 9.36. The fourth-order valence-corrected chi connectivity index (χ4v) is 2.48. The number of benzene rings is 1. The lowest BCUT2D eigenvalue weighted by Crippen LogP contribution is -1.98. The Labute approximate surface area is 103 Å². The first kappa shape index (κ1) is 11.7. The number of carboxylic acids is 1. The average Bonchev–Trinajstić information content (AvgIpc) is 2.71. The number of hydrogen-bond acceptors (Lipinski definition) is 4. The third-order valence-corrected chi connectivity index (χ3v) is 3.33. The fraction of sp³-hybridized carbons (Fsp3) is 0.250. The van der Waals surface area contributed by atoms with Crippen molar-refractivity contribution in [2.75, 3.05) is 0 Å². The lowest BCUT2D eigenvalue weighted by molar-refractivity contribution is 0.0694. The number of aromatic nitrogens is 1. The molecule has 1 heterocycles. The Kier molecular flexibility index (Phi) is 3.19. The molecule has 0 atom stereocenters. The highest BCUT2D eigenvalue weighted by Crippen LogP contribution is 2.24. The van der Waals surface area contributed by atoms with Crippen LogP contribution in [-0.2, 0) is 0 Å². The number of rotatable bonds is 4. The molecule has 1 aromatic carbocycles. The molecule has 0 aliphatic carbocycles. The predicted octanol–water partition coefficient (Wildman–Crippen LogP) is 3.16. The van der Waals surface area contributed by atoms with E-state index in [0.29, 0.717) is 11.1 Å². The number of fused-ring (bicyclic) bond motifs is 1. The summed E-state index contributed by atoms with van der Waals surface area (Å²) in [5.74, 6) is -1.01. The van der Waals surface area contributed by atoms with E-state index in [1.807, 2.05) is 13.0 Å². The summed E-state index contributed by atoms with van der Waals surface area (Å²) in [7, 11) is 0. The van der Waals surface area contributed by atoms with E-state index in [9.17, 15) is 4.79 Å². The van der Waals surface area contributed by atoms with Crippen LogP contribution in [0.1, 0.15) is 35.8 Å². The van der Waals surface area contributed by atoms with E-state index in [0.717, 1.165) is 34.6 Å². The van der Waals surface area contributed by atoms with E-state index >= 15 is 0 Å². The maximum absolute atomic E-state index is 10.9. The molecule has 17 heavy (non-hydrogen) atoms. The van der Waals surface area contributed by atoms with E-state index < -0.39 is 5.97 Å². The van der Waals surface area contributed by atoms with E-state index in [-0.39, 0.29) is 5.69 Å². The van der Waals surface area contributed by atoms with Crippen LogP contribution in [0.3, 0.4) is 0 Å². The van der Waals surface area contributed by atoms with Crippen molar-refractivity contribution in [3.63, 3.8) is 0 Å². The van der Waals surface area contributed by atoms with Crippen LogP contribution in [0, 0.1) is 5.41 Å². The lowest BCUT2D eigenvalue weighted by atomic mass is 10.0. The van der Waals surface area contributed by atoms with Gasteiger partial charge in [0.15, 0.2) is 5.69 Å². The Morgan fingerprint density at radius 2 is 2.29 bits per heavy atom. The summed E-state index contributed by atoms with van der Waals surface area (Å²) in [5, 5.41) is 17.4. The van der Waals surface area contributed by atoms with Crippen LogP contribution in [0.4, 0.5) is 0 Å². The highest BCUT2D eigenvalue weighted by atomic mass is 32.1. The molecule has 0 aliphatic rings. The van der Waals surface area contributed by atoms with Gasteiger partial charge in [-0.3, -0.25) is 0 Å². The topological polar surface area (TPSA) is 74.0 Å². The molecular formula is C12H12N2O2S. The van der Waals surface area contributed by atoms with Gasteiger partial charge in [-0.1, -0.05) is 25.5 Å². The third kappa shape index (κ3) is 2.19. The Morgan fingerprint density at radius 1 is 1.53 bits per heavy atom. The monoisotopic (exact) mass is 248 g/mol. The van der Waals surface area contributed by atoms with Crippen LogP contribution in [-0.4, -0.2) is 21.2 Å². The van der Waals surface area contributed by atoms with Crippen LogP contribution in [0.2, 0.25) is 0 Å². The molecule has 1 aromatic heterocycles. The zero-order chi connectivity index (χ0) is 12.4. The van der Waals surface area contributed by atoms with E-state index in [4.69, 9.17) is 10.5 Å². The van der Waals surface area contributed by atoms with Crippen molar-refractivity contribution in [1.82, 2.24) is 4.37 Å². The summed E-state index contributed by atoms with van der Waals surface area (Å²) in [6, 6.07) is 5.38. The molecule has 0 spiro atoms. The number of nitrogens with one attached hydrogen (secondary N) is 1. The lowest BCUT2D eigenvalue weighted by Gasteiger charge is -2.02. The zero-order valence-corrected chi connectivity index (χ0v) is 10.2. The van der Waals surface area contributed by atoms with Gasteiger partial charge in [-0.25, -0.2) is 4.79 Å². The molecule has 0 fully saturated rings. The standard InChI is InChI=1S/C12H12N2O2S/c1-2-3-9(13)7-4-5-8-10(6-7)17-14-11(8)12(15)16/h4-6,13H,2-3H2,1H3,(H,15,16). The molecule has 0 saturated heterocycles. The summed E-state index contributed by atoms with van der Waals surface area (Å²) in [6.45, 7) is 2.03. The summed E-state index contributed by atoms with van der Waals surface area (Å²) in [4.78, 5) is 10.9. The van der Waals surface area contributed by atoms with E-state index in [1.165, 1.54) is 0 Å². The Hall–Kier alpha value is -1.75. The number of nitrogens with zero attached hydrogens (tertiary/aromatic N) is 1. The van der Waals surface area contributed by atoms with Gasteiger partial charge in [0, 0.05) is 11.1 Å². The minimum Gasteiger partial charge on any atom is -0.476 e. The summed E-state index contributed by atoms with van der Waals surface area (Å²) >= 11 is 1.16. The molecule has 0 amide bonds. The van der Waals surface area contributed by atoms with Crippen molar-refractivity contribution < 1.29 is 9.90 Å². The quantitative estimate of drug-likeness (QED) is 0.816. The second kappa shape index (κ2) is 4.63. The van der Waals surface area contributed by atoms with Crippen molar-refractivity contribution in [3.8, 4) is 0 Å². The maximum Gasteiger partial charge on any atom is 0.356 e. The largest absolute Gasteiger partial charge is 0.476 e. The summed E-state index contributed by atoms with van der Waals surface area (Å²) < 4.78 is 4.73. The summed E-state index contributed by atoms with van der Waals surface area (Å²) in [6.07, 6.45) is 1.66. The highest BCUT2D eigenvalue weighted by molar-refractivity contribution is 7.13. The van der Waals surface area contributed by atoms with Gasteiger partial charge in [0.2, 0.25) is 0 Å². The molecular weight excluding hydrogens is 236 g/mol. The van der Waals surface area contributed by atoms with Gasteiger partial charge in [0.05, 0.1) is 4.70 Å². The van der Waals surface area contributed by atoms with Crippen LogP contribution in [0.5, 0.6) is 0 Å². The predicted molar refractivity (Wildman–Crippen MR) is 68.3 cm³/mol. The average molecular weight is 248 g/mol. The van der Waals surface area contributed by atoms with E-state index in [1.54, 1.807) is 12.1 Å². The Morgan fingerprint density at radius 3 is 2.94 bits per heavy atom. The third-order valence-electron chi connectivity index (χ3n) is 2.52. The smallest absolute Gasteiger partial charge is 0.356 e. The highest BCUT2D eigenvalue weighted by Gasteiger charge is 2.13. The van der Waals surface area contributed by atoms with Crippen molar-refractivity contribution in [2.24, 2.45) is 0 Å². The molecule has 5 heteroatoms. The molecule has 2 aromatic rings. The molecule has 2 N–H and O–H groups in total. The number of aromatic carboxylic acids is 1. The molecule has 0 aliphatic heterocycles. The molecule has 0 bridgehead atoms. The SMILES string of the molecule is CCCC(=N)c1ccc2c(C(=O)O)nsc2c1. The normalized spacial score (nSPS) is 10.6. The first-order valence-electron chi connectivity index (χ1n) is 5.34. The second-order valence-electron chi connectivity index (χ2n) is 3.78. The van der Waals surface area contributed by atoms with Crippen LogP contribution in [0.25, 0.3) is 10.1 Å².